The van der Waals surface area contributed by atoms with Crippen LogP contribution in [-0.2, 0) is 4.74 Å². The predicted octanol–water partition coefficient (Wildman–Crippen LogP) is 6.50. The Balaban J connectivity index is 1.19. The summed E-state index contributed by atoms with van der Waals surface area (Å²) in [5, 5.41) is 1.40. The number of hydrogen-bond donors (Lipinski definition) is 0. The number of likely N-dealkylation sites (tertiary alicyclic amines) is 2. The third kappa shape index (κ3) is 6.00. The third-order valence-electron chi connectivity index (χ3n) is 8.87. The van der Waals surface area contributed by atoms with Crippen molar-refractivity contribution in [3.63, 3.8) is 0 Å². The number of carbonyl (C=O) groups is 1. The smallest absolute Gasteiger partial charge is 0.410 e. The van der Waals surface area contributed by atoms with E-state index in [1.54, 1.807) is 24.3 Å². The lowest BCUT2D eigenvalue weighted by Crippen LogP contribution is -2.56. The summed E-state index contributed by atoms with van der Waals surface area (Å²) in [6.45, 7) is 3.73. The number of hydrogen-bond acceptors (Lipinski definition) is 5. The van der Waals surface area contributed by atoms with Crippen LogP contribution in [0.1, 0.15) is 38.5 Å². The zero-order valence-corrected chi connectivity index (χ0v) is 24.0. The fourth-order valence-corrected chi connectivity index (χ4v) is 7.28. The van der Waals surface area contributed by atoms with Crippen LogP contribution < -0.4 is 4.74 Å². The Morgan fingerprint density at radius 1 is 1.08 bits per heavy atom. The maximum Gasteiger partial charge on any atom is 0.415 e. The van der Waals surface area contributed by atoms with Gasteiger partial charge in [-0.05, 0) is 93.9 Å². The number of fused-ring (bicyclic) bond motifs is 3. The van der Waals surface area contributed by atoms with Gasteiger partial charge >= 0.3 is 6.09 Å². The molecule has 39 heavy (non-hydrogen) atoms. The Labute approximate surface area is 241 Å². The number of aliphatic imine (C=N–C) groups is 1. The van der Waals surface area contributed by atoms with Gasteiger partial charge in [0.2, 0.25) is 0 Å². The SMILES string of the molecule is CN1CCCC(COC2C=CC(C3C4=NC5CC=C(Cl)C=C5C4CCN3C(=O)Oc3ccc(Cl)cc3)CC2)C1. The van der Waals surface area contributed by atoms with Crippen molar-refractivity contribution in [3.05, 3.63) is 64.2 Å². The van der Waals surface area contributed by atoms with E-state index in [-0.39, 0.29) is 36.1 Å². The first kappa shape index (κ1) is 27.1. The van der Waals surface area contributed by atoms with E-state index in [4.69, 9.17) is 37.7 Å². The minimum absolute atomic E-state index is 0.125. The Kier molecular flexibility index (Phi) is 8.17. The lowest BCUT2D eigenvalue weighted by molar-refractivity contribution is 0.0242. The van der Waals surface area contributed by atoms with Crippen molar-refractivity contribution in [2.24, 2.45) is 22.7 Å². The van der Waals surface area contributed by atoms with Gasteiger partial charge in [0.25, 0.3) is 0 Å². The van der Waals surface area contributed by atoms with E-state index >= 15 is 0 Å². The number of allylic oxidation sites excluding steroid dienone is 2. The standard InChI is InChI=1S/C31H37Cl2N3O3/c1-35-15-2-3-20(18-35)19-38-24-9-4-21(5-10-24)30-29-26(27-17-23(33)8-13-28(27)34-29)14-16-36(30)31(37)39-25-11-6-22(32)7-12-25/h4,6-9,11-12,17,20-21,24,26,28,30H,2-3,5,10,13-16,18-19H2,1H3. The molecule has 5 aliphatic rings. The Morgan fingerprint density at radius 3 is 2.69 bits per heavy atom. The number of nitrogens with zero attached hydrogens (tertiary/aromatic N) is 3. The maximum absolute atomic E-state index is 13.5. The molecule has 0 spiro atoms. The summed E-state index contributed by atoms with van der Waals surface area (Å²) in [5.41, 5.74) is 2.40. The van der Waals surface area contributed by atoms with Crippen molar-refractivity contribution < 1.29 is 14.3 Å². The zero-order valence-electron chi connectivity index (χ0n) is 22.5. The summed E-state index contributed by atoms with van der Waals surface area (Å²) < 4.78 is 12.2. The average Bonchev–Trinajstić information content (AvgIpc) is 3.31. The van der Waals surface area contributed by atoms with Gasteiger partial charge in [-0.1, -0.05) is 41.4 Å². The van der Waals surface area contributed by atoms with Crippen molar-refractivity contribution in [2.75, 3.05) is 33.3 Å². The van der Waals surface area contributed by atoms with Gasteiger partial charge in [0, 0.05) is 40.7 Å². The first-order chi connectivity index (χ1) is 18.9. The van der Waals surface area contributed by atoms with Gasteiger partial charge in [-0.2, -0.15) is 0 Å². The minimum Gasteiger partial charge on any atom is -0.410 e. The number of halogens is 2. The molecule has 1 aromatic carbocycles. The quantitative estimate of drug-likeness (QED) is 0.380. The molecule has 208 valence electrons. The second-order valence-electron chi connectivity index (χ2n) is 11.6. The number of piperidine rings is 2. The van der Waals surface area contributed by atoms with Gasteiger partial charge in [0.1, 0.15) is 5.75 Å². The van der Waals surface area contributed by atoms with Crippen molar-refractivity contribution in [3.8, 4) is 5.75 Å². The average molecular weight is 571 g/mol. The molecule has 2 aliphatic carbocycles. The molecular formula is C31H37Cl2N3O3. The predicted molar refractivity (Wildman–Crippen MR) is 156 cm³/mol. The van der Waals surface area contributed by atoms with Crippen molar-refractivity contribution >= 4 is 35.0 Å². The lowest BCUT2D eigenvalue weighted by atomic mass is 9.76. The van der Waals surface area contributed by atoms with Crippen LogP contribution in [0.2, 0.25) is 5.02 Å². The fourth-order valence-electron chi connectivity index (χ4n) is 6.94. The largest absolute Gasteiger partial charge is 0.415 e. The van der Waals surface area contributed by atoms with Crippen molar-refractivity contribution in [1.29, 1.82) is 0 Å². The summed E-state index contributed by atoms with van der Waals surface area (Å²) in [5.74, 6) is 1.49. The highest BCUT2D eigenvalue weighted by Crippen LogP contribution is 2.43. The van der Waals surface area contributed by atoms with Gasteiger partial charge < -0.3 is 14.4 Å². The van der Waals surface area contributed by atoms with E-state index in [1.807, 2.05) is 11.0 Å². The molecule has 0 bridgehead atoms. The Bertz CT molecular complexity index is 1190. The number of ether oxygens (including phenoxy) is 2. The topological polar surface area (TPSA) is 54.4 Å². The van der Waals surface area contributed by atoms with E-state index < -0.39 is 0 Å². The summed E-state index contributed by atoms with van der Waals surface area (Å²) in [6.07, 6.45) is 14.4. The summed E-state index contributed by atoms with van der Waals surface area (Å²) in [4.78, 5) is 23.0. The van der Waals surface area contributed by atoms with Crippen LogP contribution in [0, 0.1) is 17.8 Å². The molecule has 3 aliphatic heterocycles. The van der Waals surface area contributed by atoms with Crippen LogP contribution in [0.5, 0.6) is 5.75 Å². The second kappa shape index (κ2) is 11.8. The molecule has 1 amide bonds. The summed E-state index contributed by atoms with van der Waals surface area (Å²) in [6, 6.07) is 6.91. The number of benzene rings is 1. The van der Waals surface area contributed by atoms with Gasteiger partial charge in [0.15, 0.2) is 0 Å². The number of rotatable bonds is 5. The summed E-state index contributed by atoms with van der Waals surface area (Å²) >= 11 is 12.4. The number of amides is 1. The maximum atomic E-state index is 13.5. The fraction of sp³-hybridized carbons (Fsp3) is 0.548. The first-order valence-corrected chi connectivity index (χ1v) is 15.1. The van der Waals surface area contributed by atoms with Gasteiger partial charge in [-0.25, -0.2) is 4.79 Å². The van der Waals surface area contributed by atoms with Crippen molar-refractivity contribution in [1.82, 2.24) is 9.80 Å². The molecule has 0 radical (unpaired) electrons. The molecule has 1 aromatic rings. The molecule has 8 heteroatoms. The van der Waals surface area contributed by atoms with Gasteiger partial charge in [-0.15, -0.1) is 0 Å². The van der Waals surface area contributed by atoms with Crippen LogP contribution in [0.4, 0.5) is 4.79 Å². The summed E-state index contributed by atoms with van der Waals surface area (Å²) in [7, 11) is 2.19. The molecular weight excluding hydrogens is 533 g/mol. The highest BCUT2D eigenvalue weighted by Gasteiger charge is 2.47. The van der Waals surface area contributed by atoms with Crippen LogP contribution in [0.3, 0.4) is 0 Å². The van der Waals surface area contributed by atoms with Crippen LogP contribution >= 0.6 is 23.2 Å². The molecule has 6 unspecified atom stereocenters. The van der Waals surface area contributed by atoms with E-state index in [2.05, 4.69) is 30.2 Å². The van der Waals surface area contributed by atoms with Crippen molar-refractivity contribution in [2.45, 2.75) is 56.7 Å². The first-order valence-electron chi connectivity index (χ1n) is 14.3. The zero-order chi connectivity index (χ0) is 26.9. The van der Waals surface area contributed by atoms with Crippen LogP contribution in [0.15, 0.2) is 64.2 Å². The second-order valence-corrected chi connectivity index (χ2v) is 12.5. The van der Waals surface area contributed by atoms with E-state index in [0.717, 1.165) is 49.6 Å². The Hall–Kier alpha value is -2.12. The van der Waals surface area contributed by atoms with Gasteiger partial charge in [0.05, 0.1) is 24.8 Å². The molecule has 6 nitrogen and oxygen atoms in total. The molecule has 6 rings (SSSR count). The molecule has 2 saturated heterocycles. The van der Waals surface area contributed by atoms with E-state index in [9.17, 15) is 4.79 Å². The minimum atomic E-state index is -0.336. The highest BCUT2D eigenvalue weighted by molar-refractivity contribution is 6.31. The molecule has 2 fully saturated rings. The van der Waals surface area contributed by atoms with E-state index in [0.29, 0.717) is 23.2 Å². The normalized spacial score (nSPS) is 32.6. The molecule has 6 atom stereocenters. The van der Waals surface area contributed by atoms with Gasteiger partial charge in [-0.3, -0.25) is 9.89 Å². The molecule has 0 N–H and O–H groups in total. The monoisotopic (exact) mass is 569 g/mol. The van der Waals surface area contributed by atoms with Crippen LogP contribution in [-0.4, -0.2) is 73.1 Å². The number of carbonyl (C=O) groups excluding carboxylic acids is 1. The lowest BCUT2D eigenvalue weighted by Gasteiger charge is -2.43. The van der Waals surface area contributed by atoms with Crippen LogP contribution in [0.25, 0.3) is 0 Å². The highest BCUT2D eigenvalue weighted by atomic mass is 35.5. The molecule has 0 aromatic heterocycles. The molecule has 0 saturated carbocycles. The van der Waals surface area contributed by atoms with E-state index in [1.165, 1.54) is 25.0 Å². The Morgan fingerprint density at radius 2 is 1.92 bits per heavy atom. The molecule has 3 heterocycles. The third-order valence-corrected chi connectivity index (χ3v) is 9.39.